The molecule has 2 heterocycles. The van der Waals surface area contributed by atoms with Gasteiger partial charge in [0, 0.05) is 19.4 Å². The lowest BCUT2D eigenvalue weighted by molar-refractivity contribution is 0.366. The first kappa shape index (κ1) is 14.5. The molecule has 0 radical (unpaired) electrons. The van der Waals surface area contributed by atoms with Crippen molar-refractivity contribution in [1.29, 1.82) is 0 Å². The maximum atomic E-state index is 5.79. The highest BCUT2D eigenvalue weighted by Gasteiger charge is 2.21. The van der Waals surface area contributed by atoms with E-state index in [-0.39, 0.29) is 0 Å². The van der Waals surface area contributed by atoms with Gasteiger partial charge in [0.25, 0.3) is 0 Å². The van der Waals surface area contributed by atoms with Crippen LogP contribution in [0.5, 0.6) is 0 Å². The first-order valence-corrected chi connectivity index (χ1v) is 7.96. The van der Waals surface area contributed by atoms with E-state index in [4.69, 9.17) is 5.73 Å². The fraction of sp³-hybridized carbons (Fsp3) is 0.867. The monoisotopic (exact) mass is 264 g/mol. The van der Waals surface area contributed by atoms with Crippen LogP contribution in [0.3, 0.4) is 0 Å². The summed E-state index contributed by atoms with van der Waals surface area (Å²) >= 11 is 0. The van der Waals surface area contributed by atoms with Crippen molar-refractivity contribution in [3.05, 3.63) is 11.6 Å². The number of rotatable bonds is 8. The molecule has 0 saturated heterocycles. The summed E-state index contributed by atoms with van der Waals surface area (Å²) in [4.78, 5) is 0. The molecule has 4 nitrogen and oxygen atoms in total. The molecule has 1 atom stereocenters. The average molecular weight is 264 g/mol. The highest BCUT2D eigenvalue weighted by atomic mass is 15.3. The molecule has 2 N–H and O–H groups in total. The summed E-state index contributed by atoms with van der Waals surface area (Å²) < 4.78 is 2.33. The minimum atomic E-state index is 0.617. The Hall–Kier alpha value is -0.900. The standard InChI is InChI=1S/C15H28N4/c1-2-3-4-5-6-7-8-14-17-18-15-10-9-13(11-16)12-19(14)15/h13H,2-12,16H2,1H3. The number of nitrogens with two attached hydrogens (primary N) is 1. The molecule has 108 valence electrons. The normalized spacial score (nSPS) is 18.5. The van der Waals surface area contributed by atoms with Gasteiger partial charge in [0.05, 0.1) is 0 Å². The van der Waals surface area contributed by atoms with E-state index in [1.165, 1.54) is 56.6 Å². The van der Waals surface area contributed by atoms with Gasteiger partial charge in [-0.2, -0.15) is 0 Å². The number of hydrogen-bond acceptors (Lipinski definition) is 3. The Morgan fingerprint density at radius 1 is 1.16 bits per heavy atom. The fourth-order valence-electron chi connectivity index (χ4n) is 2.89. The first-order valence-electron chi connectivity index (χ1n) is 7.96. The molecule has 0 bridgehead atoms. The molecule has 0 fully saturated rings. The Morgan fingerprint density at radius 3 is 2.74 bits per heavy atom. The number of unbranched alkanes of at least 4 members (excludes halogenated alkanes) is 5. The molecule has 0 aliphatic carbocycles. The van der Waals surface area contributed by atoms with Crippen LogP contribution in [0.2, 0.25) is 0 Å². The van der Waals surface area contributed by atoms with Crippen LogP contribution in [-0.4, -0.2) is 21.3 Å². The highest BCUT2D eigenvalue weighted by Crippen LogP contribution is 2.20. The topological polar surface area (TPSA) is 56.7 Å². The molecule has 0 aromatic carbocycles. The zero-order chi connectivity index (χ0) is 13.5. The lowest BCUT2D eigenvalue weighted by atomic mass is 9.99. The third-order valence-corrected chi connectivity index (χ3v) is 4.21. The predicted octanol–water partition coefficient (Wildman–Crippen LogP) is 2.70. The summed E-state index contributed by atoms with van der Waals surface area (Å²) in [6.45, 7) is 4.08. The van der Waals surface area contributed by atoms with Gasteiger partial charge in [0.15, 0.2) is 0 Å². The zero-order valence-electron chi connectivity index (χ0n) is 12.3. The predicted molar refractivity (Wildman–Crippen MR) is 78.0 cm³/mol. The Kier molecular flexibility index (Phi) is 5.83. The number of aromatic nitrogens is 3. The van der Waals surface area contributed by atoms with Gasteiger partial charge in [-0.1, -0.05) is 39.0 Å². The Labute approximate surface area is 116 Å². The van der Waals surface area contributed by atoms with Crippen molar-refractivity contribution in [2.45, 2.75) is 71.3 Å². The van der Waals surface area contributed by atoms with Crippen molar-refractivity contribution in [3.8, 4) is 0 Å². The van der Waals surface area contributed by atoms with Crippen molar-refractivity contribution < 1.29 is 0 Å². The molecule has 1 aromatic heterocycles. The number of hydrogen-bond donors (Lipinski definition) is 1. The fourth-order valence-corrected chi connectivity index (χ4v) is 2.89. The molecule has 4 heteroatoms. The lowest BCUT2D eigenvalue weighted by Crippen LogP contribution is -2.27. The van der Waals surface area contributed by atoms with E-state index in [1.807, 2.05) is 0 Å². The number of nitrogens with zero attached hydrogens (tertiary/aromatic N) is 3. The molecular weight excluding hydrogens is 236 g/mol. The molecule has 19 heavy (non-hydrogen) atoms. The number of aryl methyl sites for hydroxylation is 2. The third kappa shape index (κ3) is 4.03. The van der Waals surface area contributed by atoms with Crippen molar-refractivity contribution in [1.82, 2.24) is 14.8 Å². The van der Waals surface area contributed by atoms with Crippen LogP contribution in [0, 0.1) is 5.92 Å². The molecular formula is C15H28N4. The molecule has 1 unspecified atom stereocenters. The largest absolute Gasteiger partial charge is 0.330 e. The van der Waals surface area contributed by atoms with Crippen LogP contribution in [-0.2, 0) is 19.4 Å². The van der Waals surface area contributed by atoms with E-state index in [9.17, 15) is 0 Å². The van der Waals surface area contributed by atoms with E-state index in [0.717, 1.165) is 25.9 Å². The van der Waals surface area contributed by atoms with Crippen LogP contribution >= 0.6 is 0 Å². The van der Waals surface area contributed by atoms with E-state index < -0.39 is 0 Å². The van der Waals surface area contributed by atoms with Gasteiger partial charge in [0.1, 0.15) is 11.6 Å². The Balaban J connectivity index is 1.77. The average Bonchev–Trinajstić information content (AvgIpc) is 2.85. The van der Waals surface area contributed by atoms with Crippen LogP contribution in [0.15, 0.2) is 0 Å². The van der Waals surface area contributed by atoms with Gasteiger partial charge in [-0.05, 0) is 25.3 Å². The zero-order valence-corrected chi connectivity index (χ0v) is 12.3. The van der Waals surface area contributed by atoms with E-state index >= 15 is 0 Å². The summed E-state index contributed by atoms with van der Waals surface area (Å²) in [6, 6.07) is 0. The highest BCUT2D eigenvalue weighted by molar-refractivity contribution is 5.00. The Morgan fingerprint density at radius 2 is 1.95 bits per heavy atom. The molecule has 1 aliphatic heterocycles. The summed E-state index contributed by atoms with van der Waals surface area (Å²) in [5.74, 6) is 2.97. The summed E-state index contributed by atoms with van der Waals surface area (Å²) in [7, 11) is 0. The van der Waals surface area contributed by atoms with Gasteiger partial charge >= 0.3 is 0 Å². The van der Waals surface area contributed by atoms with Crippen molar-refractivity contribution in [2.24, 2.45) is 11.7 Å². The summed E-state index contributed by atoms with van der Waals surface area (Å²) in [5, 5.41) is 8.70. The molecule has 0 spiro atoms. The van der Waals surface area contributed by atoms with Gasteiger partial charge in [-0.25, -0.2) is 0 Å². The number of fused-ring (bicyclic) bond motifs is 1. The van der Waals surface area contributed by atoms with E-state index in [1.54, 1.807) is 0 Å². The van der Waals surface area contributed by atoms with Gasteiger partial charge in [0.2, 0.25) is 0 Å². The molecule has 1 aromatic rings. The smallest absolute Gasteiger partial charge is 0.133 e. The van der Waals surface area contributed by atoms with Crippen LogP contribution < -0.4 is 5.73 Å². The minimum absolute atomic E-state index is 0.617. The summed E-state index contributed by atoms with van der Waals surface area (Å²) in [6.07, 6.45) is 11.3. The Bertz CT molecular complexity index is 372. The summed E-state index contributed by atoms with van der Waals surface area (Å²) in [5.41, 5.74) is 5.79. The van der Waals surface area contributed by atoms with Crippen LogP contribution in [0.25, 0.3) is 0 Å². The quantitative estimate of drug-likeness (QED) is 0.734. The van der Waals surface area contributed by atoms with Crippen molar-refractivity contribution in [2.75, 3.05) is 6.54 Å². The second kappa shape index (κ2) is 7.63. The third-order valence-electron chi connectivity index (χ3n) is 4.21. The molecule has 1 aliphatic rings. The second-order valence-electron chi connectivity index (χ2n) is 5.80. The molecule has 0 saturated carbocycles. The van der Waals surface area contributed by atoms with Crippen molar-refractivity contribution in [3.63, 3.8) is 0 Å². The second-order valence-corrected chi connectivity index (χ2v) is 5.80. The molecule has 0 amide bonds. The van der Waals surface area contributed by atoms with Gasteiger partial charge in [-0.15, -0.1) is 10.2 Å². The van der Waals surface area contributed by atoms with Gasteiger partial charge in [-0.3, -0.25) is 0 Å². The first-order chi connectivity index (χ1) is 9.35. The molecule has 2 rings (SSSR count). The maximum Gasteiger partial charge on any atom is 0.133 e. The minimum Gasteiger partial charge on any atom is -0.330 e. The van der Waals surface area contributed by atoms with Crippen LogP contribution in [0.1, 0.15) is 63.5 Å². The lowest BCUT2D eigenvalue weighted by Gasteiger charge is -2.22. The SMILES string of the molecule is CCCCCCCCc1nnc2n1CC(CN)CC2. The van der Waals surface area contributed by atoms with E-state index in [0.29, 0.717) is 5.92 Å². The maximum absolute atomic E-state index is 5.79. The van der Waals surface area contributed by atoms with Crippen molar-refractivity contribution >= 4 is 0 Å². The van der Waals surface area contributed by atoms with Crippen LogP contribution in [0.4, 0.5) is 0 Å². The van der Waals surface area contributed by atoms with E-state index in [2.05, 4.69) is 21.7 Å². The van der Waals surface area contributed by atoms with Gasteiger partial charge < -0.3 is 10.3 Å².